The van der Waals surface area contributed by atoms with E-state index in [1.165, 1.54) is 16.0 Å². The molecule has 0 saturated carbocycles. The smallest absolute Gasteiger partial charge is 0.229 e. The quantitative estimate of drug-likeness (QED) is 0.261. The molecule has 0 spiro atoms. The highest BCUT2D eigenvalue weighted by Crippen LogP contribution is 2.15. The molecule has 1 fully saturated rings. The number of aliphatic imine (C=N–C) groups is 1. The van der Waals surface area contributed by atoms with Gasteiger partial charge in [0.25, 0.3) is 0 Å². The maximum Gasteiger partial charge on any atom is 0.229 e. The van der Waals surface area contributed by atoms with Crippen LogP contribution in [0.3, 0.4) is 0 Å². The van der Waals surface area contributed by atoms with Crippen molar-refractivity contribution < 1.29 is 9.59 Å². The molecule has 2 rings (SSSR count). The molecule has 1 aliphatic heterocycles. The number of nitrogens with one attached hydrogen (secondary N) is 2. The van der Waals surface area contributed by atoms with E-state index in [1.807, 2.05) is 0 Å². The Morgan fingerprint density at radius 1 is 1.11 bits per heavy atom. The summed E-state index contributed by atoms with van der Waals surface area (Å²) in [5, 5.41) is 6.54. The van der Waals surface area contributed by atoms with Crippen LogP contribution >= 0.6 is 24.0 Å². The molecule has 1 saturated heterocycles. The number of benzene rings is 1. The van der Waals surface area contributed by atoms with Crippen LogP contribution < -0.4 is 10.6 Å². The number of hydrogen-bond donors (Lipinski definition) is 2. The van der Waals surface area contributed by atoms with E-state index in [4.69, 9.17) is 0 Å². The average molecular weight is 500 g/mol. The number of carbonyl (C=O) groups is 2. The van der Waals surface area contributed by atoms with Crippen LogP contribution in [0, 0.1) is 5.92 Å². The molecule has 0 bridgehead atoms. The van der Waals surface area contributed by atoms with E-state index < -0.39 is 0 Å². The van der Waals surface area contributed by atoms with Gasteiger partial charge in [-0.25, -0.2) is 0 Å². The van der Waals surface area contributed by atoms with Gasteiger partial charge in [-0.15, -0.1) is 24.0 Å². The molecule has 7 heteroatoms. The average Bonchev–Trinajstić information content (AvgIpc) is 2.63. The monoisotopic (exact) mass is 500 g/mol. The summed E-state index contributed by atoms with van der Waals surface area (Å²) in [6.45, 7) is 7.38. The lowest BCUT2D eigenvalue weighted by Gasteiger charge is -2.25. The first-order chi connectivity index (χ1) is 12.9. The highest BCUT2D eigenvalue weighted by atomic mass is 127. The summed E-state index contributed by atoms with van der Waals surface area (Å²) >= 11 is 0. The molecule has 156 valence electrons. The number of piperidine rings is 1. The minimum atomic E-state index is -0.0779. The highest BCUT2D eigenvalue weighted by molar-refractivity contribution is 14.0. The van der Waals surface area contributed by atoms with Crippen LogP contribution in [0.1, 0.15) is 57.2 Å². The van der Waals surface area contributed by atoms with Crippen molar-refractivity contribution in [3.63, 3.8) is 0 Å². The Morgan fingerprint density at radius 3 is 2.25 bits per heavy atom. The molecule has 1 aromatic rings. The minimum Gasteiger partial charge on any atom is -0.355 e. The number of nitrogens with zero attached hydrogens (tertiary/aromatic N) is 2. The molecule has 6 nitrogen and oxygen atoms in total. The number of hydrogen-bond acceptors (Lipinski definition) is 3. The predicted octanol–water partition coefficient (Wildman–Crippen LogP) is 3.27. The molecular weight excluding hydrogens is 467 g/mol. The van der Waals surface area contributed by atoms with Crippen molar-refractivity contribution in [2.24, 2.45) is 10.9 Å². The Bertz CT molecular complexity index is 657. The lowest BCUT2D eigenvalue weighted by molar-refractivity contribution is -0.147. The van der Waals surface area contributed by atoms with Crippen LogP contribution in [0.15, 0.2) is 29.3 Å². The maximum absolute atomic E-state index is 11.8. The second-order valence-corrected chi connectivity index (χ2v) is 7.50. The zero-order valence-corrected chi connectivity index (χ0v) is 19.7. The lowest BCUT2D eigenvalue weighted by Crippen LogP contribution is -2.46. The van der Waals surface area contributed by atoms with Gasteiger partial charge in [0.05, 0.1) is 6.04 Å². The molecule has 0 aromatic heterocycles. The van der Waals surface area contributed by atoms with E-state index in [1.54, 1.807) is 7.05 Å². The second-order valence-electron chi connectivity index (χ2n) is 7.50. The number of rotatable bonds is 7. The van der Waals surface area contributed by atoms with Crippen LogP contribution in [-0.4, -0.2) is 42.8 Å². The van der Waals surface area contributed by atoms with E-state index in [0.29, 0.717) is 44.2 Å². The van der Waals surface area contributed by atoms with E-state index in [-0.39, 0.29) is 41.8 Å². The van der Waals surface area contributed by atoms with Gasteiger partial charge in [0.1, 0.15) is 0 Å². The normalized spacial score (nSPS) is 16.0. The Hall–Kier alpha value is -1.64. The fraction of sp³-hybridized carbons (Fsp3) is 0.571. The first kappa shape index (κ1) is 24.4. The van der Waals surface area contributed by atoms with E-state index >= 15 is 0 Å². The van der Waals surface area contributed by atoms with Gasteiger partial charge in [0.2, 0.25) is 11.8 Å². The summed E-state index contributed by atoms with van der Waals surface area (Å²) in [6, 6.07) is 8.75. The number of halogens is 1. The van der Waals surface area contributed by atoms with Crippen LogP contribution in [0.2, 0.25) is 0 Å². The number of likely N-dealkylation sites (tertiary alicyclic amines) is 1. The van der Waals surface area contributed by atoms with Gasteiger partial charge in [-0.2, -0.15) is 0 Å². The summed E-state index contributed by atoms with van der Waals surface area (Å²) in [5.74, 6) is 1.15. The Kier molecular flexibility index (Phi) is 10.5. The molecular formula is C21H33IN4O2. The van der Waals surface area contributed by atoms with Crippen molar-refractivity contribution in [2.75, 3.05) is 20.1 Å². The molecule has 1 unspecified atom stereocenters. The van der Waals surface area contributed by atoms with Crippen LogP contribution in [-0.2, 0) is 16.0 Å². The molecule has 1 atom stereocenters. The fourth-order valence-electron chi connectivity index (χ4n) is 3.23. The zero-order valence-electron chi connectivity index (χ0n) is 17.3. The molecule has 2 N–H and O–H groups in total. The Labute approximate surface area is 185 Å². The third-order valence-electron chi connectivity index (χ3n) is 4.71. The molecule has 1 heterocycles. The van der Waals surface area contributed by atoms with Crippen molar-refractivity contribution in [1.29, 1.82) is 0 Å². The van der Waals surface area contributed by atoms with Gasteiger partial charge in [0, 0.05) is 33.0 Å². The number of amides is 2. The van der Waals surface area contributed by atoms with Gasteiger partial charge in [-0.3, -0.25) is 19.5 Å². The predicted molar refractivity (Wildman–Crippen MR) is 124 cm³/mol. The first-order valence-corrected chi connectivity index (χ1v) is 9.80. The molecule has 0 radical (unpaired) electrons. The van der Waals surface area contributed by atoms with Gasteiger partial charge in [-0.05, 0) is 36.8 Å². The van der Waals surface area contributed by atoms with Crippen molar-refractivity contribution in [2.45, 2.75) is 52.5 Å². The minimum absolute atomic E-state index is 0. The topological polar surface area (TPSA) is 73.8 Å². The third-order valence-corrected chi connectivity index (χ3v) is 4.71. The second kappa shape index (κ2) is 12.0. The van der Waals surface area contributed by atoms with Crippen molar-refractivity contribution in [3.05, 3.63) is 35.4 Å². The molecule has 1 aliphatic rings. The molecule has 2 amide bonds. The largest absolute Gasteiger partial charge is 0.355 e. The lowest BCUT2D eigenvalue weighted by atomic mass is 10.00. The Morgan fingerprint density at radius 2 is 1.71 bits per heavy atom. The third kappa shape index (κ3) is 7.41. The fourth-order valence-corrected chi connectivity index (χ4v) is 3.23. The van der Waals surface area contributed by atoms with Crippen molar-refractivity contribution >= 4 is 41.8 Å². The van der Waals surface area contributed by atoms with E-state index in [2.05, 4.69) is 60.7 Å². The van der Waals surface area contributed by atoms with E-state index in [9.17, 15) is 9.59 Å². The van der Waals surface area contributed by atoms with Crippen LogP contribution in [0.25, 0.3) is 0 Å². The Balaban J connectivity index is 0.00000392. The zero-order chi connectivity index (χ0) is 19.8. The number of carbonyl (C=O) groups excluding carboxylic acids is 2. The highest BCUT2D eigenvalue weighted by Gasteiger charge is 2.25. The van der Waals surface area contributed by atoms with Gasteiger partial charge >= 0.3 is 0 Å². The summed E-state index contributed by atoms with van der Waals surface area (Å²) in [7, 11) is 1.71. The maximum atomic E-state index is 11.8. The van der Waals surface area contributed by atoms with Gasteiger partial charge in [0.15, 0.2) is 5.96 Å². The van der Waals surface area contributed by atoms with Gasteiger partial charge < -0.3 is 10.6 Å². The molecule has 0 aliphatic carbocycles. The standard InChI is InChI=1S/C21H32N4O2.HI/c1-15(2)14-17-8-10-18(11-9-17)16(3)24-21(22-4)23-12-13-25-19(26)6-5-7-20(25)27;/h8-11,15-16H,5-7,12-14H2,1-4H3,(H2,22,23,24);1H. The number of guanidine groups is 1. The van der Waals surface area contributed by atoms with Gasteiger partial charge in [-0.1, -0.05) is 38.1 Å². The van der Waals surface area contributed by atoms with Crippen molar-refractivity contribution in [1.82, 2.24) is 15.5 Å². The SMILES string of the molecule is CN=C(NCCN1C(=O)CCCC1=O)NC(C)c1ccc(CC(C)C)cc1.I. The number of imide groups is 1. The van der Waals surface area contributed by atoms with Crippen LogP contribution in [0.5, 0.6) is 0 Å². The summed E-state index contributed by atoms with van der Waals surface area (Å²) < 4.78 is 0. The van der Waals surface area contributed by atoms with E-state index in [0.717, 1.165) is 6.42 Å². The summed E-state index contributed by atoms with van der Waals surface area (Å²) in [6.07, 6.45) is 2.67. The van der Waals surface area contributed by atoms with Crippen LogP contribution in [0.4, 0.5) is 0 Å². The van der Waals surface area contributed by atoms with Crippen molar-refractivity contribution in [3.8, 4) is 0 Å². The summed E-state index contributed by atoms with van der Waals surface area (Å²) in [5.41, 5.74) is 2.53. The molecule has 1 aromatic carbocycles. The first-order valence-electron chi connectivity index (χ1n) is 9.80. The summed E-state index contributed by atoms with van der Waals surface area (Å²) in [4.78, 5) is 29.3. The molecule has 28 heavy (non-hydrogen) atoms.